The lowest BCUT2D eigenvalue weighted by Gasteiger charge is -2.19. The summed E-state index contributed by atoms with van der Waals surface area (Å²) >= 11 is 0. The summed E-state index contributed by atoms with van der Waals surface area (Å²) in [5, 5.41) is 0. The van der Waals surface area contributed by atoms with E-state index in [1.165, 1.54) is 0 Å². The van der Waals surface area contributed by atoms with Gasteiger partial charge < -0.3 is 4.74 Å². The minimum absolute atomic E-state index is 0.0914. The Hall–Kier alpha value is -0.630. The summed E-state index contributed by atoms with van der Waals surface area (Å²) in [7, 11) is 1.70. The first-order valence-corrected chi connectivity index (χ1v) is 5.22. The van der Waals surface area contributed by atoms with E-state index in [0.717, 1.165) is 18.4 Å². The number of hydrogen-bond acceptors (Lipinski definition) is 2. The summed E-state index contributed by atoms with van der Waals surface area (Å²) in [5.41, 5.74) is 1.03. The number of carbonyl (C=O) groups excluding carboxylic acids is 1. The highest BCUT2D eigenvalue weighted by atomic mass is 16.5. The van der Waals surface area contributed by atoms with Crippen molar-refractivity contribution in [3.8, 4) is 0 Å². The molecule has 2 unspecified atom stereocenters. The van der Waals surface area contributed by atoms with Gasteiger partial charge in [-0.25, -0.2) is 0 Å². The van der Waals surface area contributed by atoms with Crippen LogP contribution in [0.3, 0.4) is 0 Å². The summed E-state index contributed by atoms with van der Waals surface area (Å²) < 4.78 is 5.36. The van der Waals surface area contributed by atoms with Gasteiger partial charge in [0.25, 0.3) is 0 Å². The quantitative estimate of drug-likeness (QED) is 0.613. The normalized spacial score (nSPS) is 16.5. The van der Waals surface area contributed by atoms with Crippen LogP contribution in [-0.4, -0.2) is 19.0 Å². The van der Waals surface area contributed by atoms with Crippen molar-refractivity contribution < 1.29 is 9.53 Å². The predicted molar refractivity (Wildman–Crippen MR) is 59.3 cm³/mol. The monoisotopic (exact) mass is 198 g/mol. The lowest BCUT2D eigenvalue weighted by atomic mass is 9.96. The Bertz CT molecular complexity index is 206. The lowest BCUT2D eigenvalue weighted by Crippen LogP contribution is -2.16. The van der Waals surface area contributed by atoms with Gasteiger partial charge in [-0.05, 0) is 37.8 Å². The van der Waals surface area contributed by atoms with Crippen molar-refractivity contribution in [3.05, 3.63) is 11.6 Å². The molecule has 0 aromatic heterocycles. The number of methoxy groups -OCH3 is 1. The Balaban J connectivity index is 4.33. The average molecular weight is 198 g/mol. The van der Waals surface area contributed by atoms with Crippen LogP contribution in [0.15, 0.2) is 11.6 Å². The molecular formula is C12H22O2. The fourth-order valence-electron chi connectivity index (χ4n) is 1.41. The van der Waals surface area contributed by atoms with Gasteiger partial charge in [0.15, 0.2) is 5.78 Å². The van der Waals surface area contributed by atoms with Crippen molar-refractivity contribution in [1.82, 2.24) is 0 Å². The zero-order chi connectivity index (χ0) is 11.1. The SMILES string of the molecule is CCC(C)CC(OC)C(C)=CC(C)=O. The molecule has 0 aliphatic carbocycles. The van der Waals surface area contributed by atoms with E-state index in [4.69, 9.17) is 4.74 Å². The molecule has 0 rings (SSSR count). The molecule has 0 aromatic carbocycles. The van der Waals surface area contributed by atoms with Gasteiger partial charge in [-0.15, -0.1) is 0 Å². The number of rotatable bonds is 6. The molecule has 0 radical (unpaired) electrons. The molecule has 0 spiro atoms. The Morgan fingerprint density at radius 2 is 2.00 bits per heavy atom. The van der Waals surface area contributed by atoms with Crippen LogP contribution in [0.4, 0.5) is 0 Å². The highest BCUT2D eigenvalue weighted by Crippen LogP contribution is 2.17. The minimum Gasteiger partial charge on any atom is -0.377 e. The first-order chi connectivity index (χ1) is 6.51. The minimum atomic E-state index is 0.0914. The third-order valence-electron chi connectivity index (χ3n) is 2.54. The second-order valence-corrected chi connectivity index (χ2v) is 3.97. The van der Waals surface area contributed by atoms with Crippen LogP contribution in [0.5, 0.6) is 0 Å². The summed E-state index contributed by atoms with van der Waals surface area (Å²) in [5.74, 6) is 0.726. The maximum absolute atomic E-state index is 10.9. The van der Waals surface area contributed by atoms with Crippen molar-refractivity contribution >= 4 is 5.78 Å². The number of ketones is 1. The Kier molecular flexibility index (Phi) is 6.46. The molecule has 0 aliphatic heterocycles. The molecule has 2 atom stereocenters. The molecular weight excluding hydrogens is 176 g/mol. The topological polar surface area (TPSA) is 26.3 Å². The largest absolute Gasteiger partial charge is 0.377 e. The molecule has 2 heteroatoms. The standard InChI is InChI=1S/C12H22O2/c1-6-9(2)7-12(14-5)10(3)8-11(4)13/h8-9,12H,6-7H2,1-5H3. The van der Waals surface area contributed by atoms with Crippen LogP contribution in [0.2, 0.25) is 0 Å². The van der Waals surface area contributed by atoms with Crippen molar-refractivity contribution in [1.29, 1.82) is 0 Å². The van der Waals surface area contributed by atoms with Gasteiger partial charge in [-0.2, -0.15) is 0 Å². The van der Waals surface area contributed by atoms with E-state index >= 15 is 0 Å². The van der Waals surface area contributed by atoms with Crippen LogP contribution in [0.1, 0.15) is 40.5 Å². The van der Waals surface area contributed by atoms with Crippen molar-refractivity contribution in [2.75, 3.05) is 7.11 Å². The highest BCUT2D eigenvalue weighted by Gasteiger charge is 2.13. The van der Waals surface area contributed by atoms with E-state index in [2.05, 4.69) is 13.8 Å². The fourth-order valence-corrected chi connectivity index (χ4v) is 1.41. The first-order valence-electron chi connectivity index (χ1n) is 5.22. The number of hydrogen-bond donors (Lipinski definition) is 0. The van der Waals surface area contributed by atoms with Gasteiger partial charge in [-0.1, -0.05) is 20.3 Å². The third kappa shape index (κ3) is 5.18. The van der Waals surface area contributed by atoms with Gasteiger partial charge >= 0.3 is 0 Å². The van der Waals surface area contributed by atoms with E-state index in [-0.39, 0.29) is 11.9 Å². The second kappa shape index (κ2) is 6.77. The molecule has 0 saturated carbocycles. The first kappa shape index (κ1) is 13.4. The molecule has 0 amide bonds. The summed E-state index contributed by atoms with van der Waals surface area (Å²) in [6.45, 7) is 7.89. The van der Waals surface area contributed by atoms with Crippen LogP contribution in [-0.2, 0) is 9.53 Å². The molecule has 0 fully saturated rings. The predicted octanol–water partition coefficient (Wildman–Crippen LogP) is 2.97. The summed E-state index contributed by atoms with van der Waals surface area (Å²) in [6.07, 6.45) is 3.89. The Morgan fingerprint density at radius 3 is 2.36 bits per heavy atom. The van der Waals surface area contributed by atoms with Crippen LogP contribution in [0, 0.1) is 5.92 Å². The zero-order valence-electron chi connectivity index (χ0n) is 9.96. The van der Waals surface area contributed by atoms with Crippen LogP contribution < -0.4 is 0 Å². The van der Waals surface area contributed by atoms with E-state index < -0.39 is 0 Å². The van der Waals surface area contributed by atoms with E-state index in [1.54, 1.807) is 20.1 Å². The van der Waals surface area contributed by atoms with E-state index in [9.17, 15) is 4.79 Å². The average Bonchev–Trinajstić information content (AvgIpc) is 2.12. The summed E-state index contributed by atoms with van der Waals surface area (Å²) in [6, 6.07) is 0. The molecule has 0 saturated heterocycles. The van der Waals surface area contributed by atoms with Gasteiger partial charge in [0.2, 0.25) is 0 Å². The molecule has 0 bridgehead atoms. The molecule has 0 heterocycles. The number of carbonyl (C=O) groups is 1. The van der Waals surface area contributed by atoms with Crippen LogP contribution in [0.25, 0.3) is 0 Å². The number of ether oxygens (including phenoxy) is 1. The molecule has 82 valence electrons. The smallest absolute Gasteiger partial charge is 0.152 e. The molecule has 0 aromatic rings. The van der Waals surface area contributed by atoms with Gasteiger partial charge in [0.1, 0.15) is 0 Å². The molecule has 14 heavy (non-hydrogen) atoms. The lowest BCUT2D eigenvalue weighted by molar-refractivity contribution is -0.112. The highest BCUT2D eigenvalue weighted by molar-refractivity contribution is 5.88. The van der Waals surface area contributed by atoms with E-state index in [0.29, 0.717) is 5.92 Å². The molecule has 0 aliphatic rings. The number of allylic oxidation sites excluding steroid dienone is 1. The van der Waals surface area contributed by atoms with Crippen molar-refractivity contribution in [3.63, 3.8) is 0 Å². The van der Waals surface area contributed by atoms with E-state index in [1.807, 2.05) is 6.92 Å². The fraction of sp³-hybridized carbons (Fsp3) is 0.750. The zero-order valence-corrected chi connectivity index (χ0v) is 9.96. The maximum Gasteiger partial charge on any atom is 0.152 e. The van der Waals surface area contributed by atoms with Gasteiger partial charge in [-0.3, -0.25) is 4.79 Å². The van der Waals surface area contributed by atoms with Crippen molar-refractivity contribution in [2.45, 2.75) is 46.6 Å². The molecule has 2 nitrogen and oxygen atoms in total. The third-order valence-corrected chi connectivity index (χ3v) is 2.54. The van der Waals surface area contributed by atoms with Gasteiger partial charge in [0.05, 0.1) is 6.10 Å². The Labute approximate surface area is 87.3 Å². The van der Waals surface area contributed by atoms with Gasteiger partial charge in [0, 0.05) is 7.11 Å². The molecule has 0 N–H and O–H groups in total. The maximum atomic E-state index is 10.9. The van der Waals surface area contributed by atoms with Crippen molar-refractivity contribution in [2.24, 2.45) is 5.92 Å². The van der Waals surface area contributed by atoms with Crippen LogP contribution >= 0.6 is 0 Å². The second-order valence-electron chi connectivity index (χ2n) is 3.97. The Morgan fingerprint density at radius 1 is 1.43 bits per heavy atom. The summed E-state index contributed by atoms with van der Waals surface area (Å²) in [4.78, 5) is 10.9.